The molecular formula is C19H25ClN6. The molecule has 0 saturated heterocycles. The second kappa shape index (κ2) is 8.49. The average Bonchev–Trinajstić information content (AvgIpc) is 3.23. The third-order valence-electron chi connectivity index (χ3n) is 4.42. The van der Waals surface area contributed by atoms with Gasteiger partial charge in [0.1, 0.15) is 0 Å². The SMILES string of the molecule is Cc1[nH]cnc1CN(CCN(C)C)Cc1cn[nH]c1-c1ccc(Cl)cc1. The number of nitrogens with zero attached hydrogens (tertiary/aromatic N) is 4. The third-order valence-corrected chi connectivity index (χ3v) is 4.67. The summed E-state index contributed by atoms with van der Waals surface area (Å²) < 4.78 is 0. The van der Waals surface area contributed by atoms with Crippen LogP contribution in [0.1, 0.15) is 17.0 Å². The van der Waals surface area contributed by atoms with Crippen molar-refractivity contribution in [2.24, 2.45) is 0 Å². The van der Waals surface area contributed by atoms with Gasteiger partial charge >= 0.3 is 0 Å². The molecule has 3 rings (SSSR count). The number of imidazole rings is 1. The lowest BCUT2D eigenvalue weighted by atomic mass is 10.1. The summed E-state index contributed by atoms with van der Waals surface area (Å²) in [6, 6.07) is 7.83. The quantitative estimate of drug-likeness (QED) is 0.636. The van der Waals surface area contributed by atoms with E-state index in [-0.39, 0.29) is 0 Å². The first-order chi connectivity index (χ1) is 12.5. The zero-order valence-corrected chi connectivity index (χ0v) is 16.2. The molecule has 0 fully saturated rings. The Hall–Kier alpha value is -2.15. The van der Waals surface area contributed by atoms with E-state index in [1.54, 1.807) is 6.33 Å². The molecule has 138 valence electrons. The second-order valence-electron chi connectivity index (χ2n) is 6.77. The van der Waals surface area contributed by atoms with Gasteiger partial charge in [0.15, 0.2) is 0 Å². The van der Waals surface area contributed by atoms with E-state index in [0.29, 0.717) is 0 Å². The molecule has 1 aromatic carbocycles. The number of aryl methyl sites for hydroxylation is 1. The molecule has 0 spiro atoms. The predicted octanol–water partition coefficient (Wildman–Crippen LogP) is 3.33. The van der Waals surface area contributed by atoms with Gasteiger partial charge in [0.05, 0.1) is 23.9 Å². The van der Waals surface area contributed by atoms with Crippen LogP contribution in [0.4, 0.5) is 0 Å². The van der Waals surface area contributed by atoms with E-state index >= 15 is 0 Å². The average molecular weight is 373 g/mol. The van der Waals surface area contributed by atoms with Crippen molar-refractivity contribution in [2.75, 3.05) is 27.2 Å². The summed E-state index contributed by atoms with van der Waals surface area (Å²) in [6.07, 6.45) is 3.66. The normalized spacial score (nSPS) is 11.6. The molecule has 2 N–H and O–H groups in total. The summed E-state index contributed by atoms with van der Waals surface area (Å²) in [6.45, 7) is 5.59. The molecule has 0 bridgehead atoms. The Labute approximate surface area is 159 Å². The number of benzene rings is 1. The largest absolute Gasteiger partial charge is 0.348 e. The highest BCUT2D eigenvalue weighted by molar-refractivity contribution is 6.30. The van der Waals surface area contributed by atoms with Crippen molar-refractivity contribution in [2.45, 2.75) is 20.0 Å². The molecule has 0 aliphatic heterocycles. The van der Waals surface area contributed by atoms with Gasteiger partial charge in [0.2, 0.25) is 0 Å². The second-order valence-corrected chi connectivity index (χ2v) is 7.20. The molecule has 3 aromatic rings. The van der Waals surface area contributed by atoms with Crippen LogP contribution in [0.5, 0.6) is 0 Å². The highest BCUT2D eigenvalue weighted by Crippen LogP contribution is 2.24. The van der Waals surface area contributed by atoms with Crippen LogP contribution in [-0.4, -0.2) is 57.1 Å². The van der Waals surface area contributed by atoms with Gasteiger partial charge in [0, 0.05) is 42.5 Å². The van der Waals surface area contributed by atoms with Gasteiger partial charge < -0.3 is 9.88 Å². The minimum Gasteiger partial charge on any atom is -0.348 e. The molecule has 0 radical (unpaired) electrons. The molecule has 0 aliphatic rings. The molecule has 0 atom stereocenters. The molecule has 0 amide bonds. The van der Waals surface area contributed by atoms with E-state index in [2.05, 4.69) is 51.0 Å². The number of aromatic nitrogens is 4. The van der Waals surface area contributed by atoms with E-state index < -0.39 is 0 Å². The monoisotopic (exact) mass is 372 g/mol. The van der Waals surface area contributed by atoms with Crippen LogP contribution in [-0.2, 0) is 13.1 Å². The van der Waals surface area contributed by atoms with Crippen LogP contribution < -0.4 is 0 Å². The number of hydrogen-bond donors (Lipinski definition) is 2. The molecule has 0 unspecified atom stereocenters. The first-order valence-electron chi connectivity index (χ1n) is 8.67. The van der Waals surface area contributed by atoms with Gasteiger partial charge in [-0.05, 0) is 38.7 Å². The maximum atomic E-state index is 6.01. The van der Waals surface area contributed by atoms with Crippen molar-refractivity contribution in [3.63, 3.8) is 0 Å². The van der Waals surface area contributed by atoms with Crippen LogP contribution >= 0.6 is 11.6 Å². The van der Waals surface area contributed by atoms with Crippen LogP contribution in [0, 0.1) is 6.92 Å². The lowest BCUT2D eigenvalue weighted by Gasteiger charge is -2.23. The summed E-state index contributed by atoms with van der Waals surface area (Å²) >= 11 is 6.01. The first-order valence-corrected chi connectivity index (χ1v) is 9.05. The topological polar surface area (TPSA) is 63.8 Å². The minimum atomic E-state index is 0.733. The van der Waals surface area contributed by atoms with Crippen molar-refractivity contribution in [1.82, 2.24) is 30.0 Å². The standard InChI is InChI=1S/C19H25ClN6/c1-14-18(22-13-21-14)12-26(9-8-25(2)3)11-16-10-23-24-19(16)15-4-6-17(20)7-5-15/h4-7,10,13H,8-9,11-12H2,1-3H3,(H,21,22)(H,23,24). The maximum Gasteiger partial charge on any atom is 0.0925 e. The van der Waals surface area contributed by atoms with Crippen LogP contribution in [0.25, 0.3) is 11.3 Å². The Morgan fingerprint density at radius 3 is 2.50 bits per heavy atom. The van der Waals surface area contributed by atoms with Crippen molar-refractivity contribution in [1.29, 1.82) is 0 Å². The number of likely N-dealkylation sites (N-methyl/N-ethyl adjacent to an activating group) is 1. The number of hydrogen-bond acceptors (Lipinski definition) is 4. The fourth-order valence-corrected chi connectivity index (χ4v) is 2.98. The van der Waals surface area contributed by atoms with E-state index in [9.17, 15) is 0 Å². The van der Waals surface area contributed by atoms with Gasteiger partial charge in [-0.25, -0.2) is 4.98 Å². The van der Waals surface area contributed by atoms with E-state index in [4.69, 9.17) is 11.6 Å². The Morgan fingerprint density at radius 1 is 1.08 bits per heavy atom. The molecule has 0 saturated carbocycles. The molecule has 2 aromatic heterocycles. The van der Waals surface area contributed by atoms with E-state index in [1.165, 1.54) is 5.56 Å². The fraction of sp³-hybridized carbons (Fsp3) is 0.368. The Morgan fingerprint density at radius 2 is 1.85 bits per heavy atom. The van der Waals surface area contributed by atoms with Gasteiger partial charge in [-0.2, -0.15) is 5.10 Å². The van der Waals surface area contributed by atoms with E-state index in [1.807, 2.05) is 30.5 Å². The van der Waals surface area contributed by atoms with Crippen LogP contribution in [0.15, 0.2) is 36.8 Å². The van der Waals surface area contributed by atoms with Crippen molar-refractivity contribution < 1.29 is 0 Å². The zero-order valence-electron chi connectivity index (χ0n) is 15.5. The van der Waals surface area contributed by atoms with Crippen molar-refractivity contribution in [3.8, 4) is 11.3 Å². The predicted molar refractivity (Wildman–Crippen MR) is 105 cm³/mol. The molecule has 2 heterocycles. The van der Waals surface area contributed by atoms with Gasteiger partial charge in [-0.15, -0.1) is 0 Å². The highest BCUT2D eigenvalue weighted by Gasteiger charge is 2.15. The summed E-state index contributed by atoms with van der Waals surface area (Å²) in [5, 5.41) is 8.13. The Bertz CT molecular complexity index is 821. The van der Waals surface area contributed by atoms with Gasteiger partial charge in [-0.3, -0.25) is 10.00 Å². The molecule has 26 heavy (non-hydrogen) atoms. The smallest absolute Gasteiger partial charge is 0.0925 e. The lowest BCUT2D eigenvalue weighted by Crippen LogP contribution is -2.31. The maximum absolute atomic E-state index is 6.01. The first kappa shape index (κ1) is 18.6. The summed E-state index contributed by atoms with van der Waals surface area (Å²) in [7, 11) is 4.18. The van der Waals surface area contributed by atoms with Crippen LogP contribution in [0.2, 0.25) is 5.02 Å². The van der Waals surface area contributed by atoms with E-state index in [0.717, 1.165) is 53.8 Å². The Kier molecular flexibility index (Phi) is 6.08. The minimum absolute atomic E-state index is 0.733. The molecule has 6 nitrogen and oxygen atoms in total. The lowest BCUT2D eigenvalue weighted by molar-refractivity contribution is 0.224. The zero-order chi connectivity index (χ0) is 18.5. The number of rotatable bonds is 8. The highest BCUT2D eigenvalue weighted by atomic mass is 35.5. The summed E-state index contributed by atoms with van der Waals surface area (Å²) in [5.74, 6) is 0. The number of nitrogens with one attached hydrogen (secondary N) is 2. The summed E-state index contributed by atoms with van der Waals surface area (Å²) in [5.41, 5.74) is 5.49. The Balaban J connectivity index is 1.79. The van der Waals surface area contributed by atoms with Gasteiger partial charge in [-0.1, -0.05) is 23.7 Å². The number of aromatic amines is 2. The van der Waals surface area contributed by atoms with Gasteiger partial charge in [0.25, 0.3) is 0 Å². The fourth-order valence-electron chi connectivity index (χ4n) is 2.85. The molecule has 0 aliphatic carbocycles. The van der Waals surface area contributed by atoms with Crippen LogP contribution in [0.3, 0.4) is 0 Å². The van der Waals surface area contributed by atoms with Crippen molar-refractivity contribution >= 4 is 11.6 Å². The number of halogens is 1. The summed E-state index contributed by atoms with van der Waals surface area (Å²) in [4.78, 5) is 12.2. The third kappa shape index (κ3) is 4.72. The molecular weight excluding hydrogens is 348 g/mol. The molecule has 7 heteroatoms. The van der Waals surface area contributed by atoms with Crippen molar-refractivity contribution in [3.05, 3.63) is 58.8 Å². The number of H-pyrrole nitrogens is 2.